The molecule has 1 aliphatic heterocycles. The number of hydrogen-bond donors (Lipinski definition) is 0. The summed E-state index contributed by atoms with van der Waals surface area (Å²) in [5.74, 6) is 0. The van der Waals surface area contributed by atoms with E-state index in [1.54, 1.807) is 0 Å². The predicted octanol–water partition coefficient (Wildman–Crippen LogP) is 3.32. The fourth-order valence-electron chi connectivity index (χ4n) is 2.64. The van der Waals surface area contributed by atoms with Crippen molar-refractivity contribution in [3.63, 3.8) is 0 Å². The topological polar surface area (TPSA) is 18.5 Å². The maximum absolute atomic E-state index is 6.00. The third-order valence-electron chi connectivity index (χ3n) is 3.58. The van der Waals surface area contributed by atoms with Crippen molar-refractivity contribution in [3.8, 4) is 0 Å². The van der Waals surface area contributed by atoms with Gasteiger partial charge >= 0.3 is 0 Å². The summed E-state index contributed by atoms with van der Waals surface area (Å²) in [5.41, 5.74) is 1.80. The van der Waals surface area contributed by atoms with Crippen LogP contribution >= 0.6 is 0 Å². The first-order valence-corrected chi connectivity index (χ1v) is 6.20. The maximum Gasteiger partial charge on any atom is 0.149 e. The summed E-state index contributed by atoms with van der Waals surface area (Å²) in [7, 11) is 0. The van der Waals surface area contributed by atoms with Crippen molar-refractivity contribution < 1.29 is 9.47 Å². The van der Waals surface area contributed by atoms with Crippen molar-refractivity contribution in [2.45, 2.75) is 18.6 Å². The van der Waals surface area contributed by atoms with Gasteiger partial charge in [0.05, 0.1) is 6.10 Å². The van der Waals surface area contributed by atoms with Gasteiger partial charge in [-0.25, -0.2) is 0 Å². The Hall–Kier alpha value is -1.64. The highest BCUT2D eigenvalue weighted by Crippen LogP contribution is 2.41. The number of hydrogen-bond acceptors (Lipinski definition) is 2. The van der Waals surface area contributed by atoms with Crippen molar-refractivity contribution in [1.29, 1.82) is 0 Å². The van der Waals surface area contributed by atoms with Crippen LogP contribution in [0.5, 0.6) is 0 Å². The van der Waals surface area contributed by atoms with Crippen LogP contribution in [0.15, 0.2) is 60.7 Å². The Morgan fingerprint density at radius 2 is 1.39 bits per heavy atom. The Balaban J connectivity index is 2.17. The van der Waals surface area contributed by atoms with E-state index in [0.29, 0.717) is 6.79 Å². The average Bonchev–Trinajstić information content (AvgIpc) is 2.84. The zero-order valence-corrected chi connectivity index (χ0v) is 10.4. The van der Waals surface area contributed by atoms with Gasteiger partial charge in [0.1, 0.15) is 12.4 Å². The summed E-state index contributed by atoms with van der Waals surface area (Å²) in [6.07, 6.45) is 0.00213. The van der Waals surface area contributed by atoms with Gasteiger partial charge in [0.2, 0.25) is 0 Å². The highest BCUT2D eigenvalue weighted by molar-refractivity contribution is 5.38. The summed E-state index contributed by atoms with van der Waals surface area (Å²) in [4.78, 5) is 0. The second kappa shape index (κ2) is 4.56. The van der Waals surface area contributed by atoms with Crippen molar-refractivity contribution in [3.05, 3.63) is 71.8 Å². The van der Waals surface area contributed by atoms with Crippen LogP contribution in [-0.2, 0) is 15.1 Å². The smallest absolute Gasteiger partial charge is 0.149 e. The van der Waals surface area contributed by atoms with Crippen LogP contribution in [0.1, 0.15) is 18.1 Å². The molecule has 1 aliphatic rings. The molecule has 0 aromatic heterocycles. The van der Waals surface area contributed by atoms with E-state index in [-0.39, 0.29) is 6.10 Å². The van der Waals surface area contributed by atoms with E-state index in [1.165, 1.54) is 0 Å². The summed E-state index contributed by atoms with van der Waals surface area (Å²) in [6.45, 7) is 2.40. The summed E-state index contributed by atoms with van der Waals surface area (Å²) >= 11 is 0. The molecule has 1 atom stereocenters. The normalized spacial score (nSPS) is 21.9. The van der Waals surface area contributed by atoms with Gasteiger partial charge in [-0.05, 0) is 18.1 Å². The molecule has 0 radical (unpaired) electrons. The molecule has 2 aromatic carbocycles. The standard InChI is InChI=1S/C16H16O2/c1-13-16(18-12-17-13,14-8-4-2-5-9-14)15-10-6-3-7-11-15/h2-11,13H,12H2,1H3/t13-/m0/s1. The third-order valence-corrected chi connectivity index (χ3v) is 3.58. The van der Waals surface area contributed by atoms with E-state index in [9.17, 15) is 0 Å². The predicted molar refractivity (Wildman–Crippen MR) is 70.2 cm³/mol. The molecule has 0 bridgehead atoms. The van der Waals surface area contributed by atoms with E-state index in [2.05, 4.69) is 31.2 Å². The fraction of sp³-hybridized carbons (Fsp3) is 0.250. The lowest BCUT2D eigenvalue weighted by Crippen LogP contribution is -2.36. The van der Waals surface area contributed by atoms with Gasteiger partial charge in [0, 0.05) is 0 Å². The quantitative estimate of drug-likeness (QED) is 0.801. The third kappa shape index (κ3) is 1.65. The first-order valence-electron chi connectivity index (χ1n) is 6.20. The minimum absolute atomic E-state index is 0.00213. The Kier molecular flexibility index (Phi) is 2.90. The zero-order chi connectivity index (χ0) is 12.4. The van der Waals surface area contributed by atoms with E-state index in [4.69, 9.17) is 9.47 Å². The van der Waals surface area contributed by atoms with E-state index in [1.807, 2.05) is 36.4 Å². The Morgan fingerprint density at radius 3 is 1.78 bits per heavy atom. The van der Waals surface area contributed by atoms with E-state index >= 15 is 0 Å². The Labute approximate surface area is 107 Å². The monoisotopic (exact) mass is 240 g/mol. The molecular weight excluding hydrogens is 224 g/mol. The van der Waals surface area contributed by atoms with Crippen LogP contribution in [0.2, 0.25) is 0 Å². The van der Waals surface area contributed by atoms with Gasteiger partial charge in [-0.15, -0.1) is 0 Å². The van der Waals surface area contributed by atoms with Gasteiger partial charge in [-0.3, -0.25) is 0 Å². The van der Waals surface area contributed by atoms with Crippen molar-refractivity contribution in [2.75, 3.05) is 6.79 Å². The molecule has 92 valence electrons. The molecule has 2 heteroatoms. The highest BCUT2D eigenvalue weighted by Gasteiger charge is 2.45. The molecule has 1 saturated heterocycles. The van der Waals surface area contributed by atoms with E-state index < -0.39 is 5.60 Å². The molecule has 1 heterocycles. The lowest BCUT2D eigenvalue weighted by Gasteiger charge is -2.32. The lowest BCUT2D eigenvalue weighted by atomic mass is 9.82. The molecular formula is C16H16O2. The highest BCUT2D eigenvalue weighted by atomic mass is 16.7. The second-order valence-electron chi connectivity index (χ2n) is 4.54. The van der Waals surface area contributed by atoms with Gasteiger partial charge < -0.3 is 9.47 Å². The van der Waals surface area contributed by atoms with E-state index in [0.717, 1.165) is 11.1 Å². The minimum atomic E-state index is -0.484. The number of benzene rings is 2. The van der Waals surface area contributed by atoms with Gasteiger partial charge in [-0.2, -0.15) is 0 Å². The molecule has 0 unspecified atom stereocenters. The Morgan fingerprint density at radius 1 is 0.889 bits per heavy atom. The van der Waals surface area contributed by atoms with Gasteiger partial charge in [-0.1, -0.05) is 60.7 Å². The van der Waals surface area contributed by atoms with Crippen LogP contribution < -0.4 is 0 Å². The molecule has 18 heavy (non-hydrogen) atoms. The molecule has 0 spiro atoms. The largest absolute Gasteiger partial charge is 0.349 e. The van der Waals surface area contributed by atoms with Crippen LogP contribution in [-0.4, -0.2) is 12.9 Å². The average molecular weight is 240 g/mol. The number of rotatable bonds is 2. The zero-order valence-electron chi connectivity index (χ0n) is 10.4. The fourth-order valence-corrected chi connectivity index (χ4v) is 2.64. The van der Waals surface area contributed by atoms with Crippen LogP contribution in [0.3, 0.4) is 0 Å². The second-order valence-corrected chi connectivity index (χ2v) is 4.54. The summed E-state index contributed by atoms with van der Waals surface area (Å²) in [5, 5.41) is 0. The van der Waals surface area contributed by atoms with Crippen LogP contribution in [0.4, 0.5) is 0 Å². The molecule has 0 amide bonds. The minimum Gasteiger partial charge on any atom is -0.349 e. The molecule has 0 aliphatic carbocycles. The first kappa shape index (κ1) is 11.5. The summed E-state index contributed by atoms with van der Waals surface area (Å²) in [6, 6.07) is 20.6. The molecule has 1 fully saturated rings. The lowest BCUT2D eigenvalue weighted by molar-refractivity contribution is 0.0113. The van der Waals surface area contributed by atoms with Crippen molar-refractivity contribution in [1.82, 2.24) is 0 Å². The molecule has 2 nitrogen and oxygen atoms in total. The summed E-state index contributed by atoms with van der Waals surface area (Å²) < 4.78 is 11.7. The number of ether oxygens (including phenoxy) is 2. The van der Waals surface area contributed by atoms with Gasteiger partial charge in [0.25, 0.3) is 0 Å². The van der Waals surface area contributed by atoms with Gasteiger partial charge in [0.15, 0.2) is 0 Å². The molecule has 0 saturated carbocycles. The first-order chi connectivity index (χ1) is 8.84. The van der Waals surface area contributed by atoms with Crippen LogP contribution in [0, 0.1) is 0 Å². The maximum atomic E-state index is 6.00. The van der Waals surface area contributed by atoms with Crippen LogP contribution in [0.25, 0.3) is 0 Å². The molecule has 0 N–H and O–H groups in total. The molecule has 3 rings (SSSR count). The SMILES string of the molecule is C[C@@H]1OCOC1(c1ccccc1)c1ccccc1. The molecule has 2 aromatic rings. The Bertz CT molecular complexity index is 468. The van der Waals surface area contributed by atoms with Crippen molar-refractivity contribution in [2.24, 2.45) is 0 Å². The van der Waals surface area contributed by atoms with Crippen molar-refractivity contribution >= 4 is 0 Å².